The number of hydrogen-bond donors (Lipinski definition) is 1. The first kappa shape index (κ1) is 15.5. The molecule has 1 N–H and O–H groups in total. The van der Waals surface area contributed by atoms with Crippen molar-refractivity contribution < 1.29 is 24.2 Å². The van der Waals surface area contributed by atoms with E-state index >= 15 is 0 Å². The lowest BCUT2D eigenvalue weighted by molar-refractivity contribution is -0.149. The molecule has 6 nitrogen and oxygen atoms in total. The summed E-state index contributed by atoms with van der Waals surface area (Å²) in [5.41, 5.74) is 0. The van der Waals surface area contributed by atoms with E-state index in [1.54, 1.807) is 0 Å². The van der Waals surface area contributed by atoms with E-state index in [-0.39, 0.29) is 24.8 Å². The van der Waals surface area contributed by atoms with Gasteiger partial charge < -0.3 is 14.7 Å². The predicted molar refractivity (Wildman–Crippen MR) is 67.4 cm³/mol. The minimum atomic E-state index is -1.04. The molecule has 0 spiro atoms. The monoisotopic (exact) mass is 271 g/mol. The molecular formula is C13H21NO5. The third-order valence-corrected chi connectivity index (χ3v) is 3.08. The number of aliphatic carboxylic acids is 1. The molecule has 2 atom stereocenters. The zero-order valence-corrected chi connectivity index (χ0v) is 11.4. The number of rotatable bonds is 6. The molecule has 1 heterocycles. The van der Waals surface area contributed by atoms with E-state index in [2.05, 4.69) is 0 Å². The van der Waals surface area contributed by atoms with Gasteiger partial charge in [0.25, 0.3) is 0 Å². The Morgan fingerprint density at radius 3 is 2.37 bits per heavy atom. The first-order chi connectivity index (χ1) is 8.99. The van der Waals surface area contributed by atoms with Gasteiger partial charge in [-0.3, -0.25) is 9.59 Å². The van der Waals surface area contributed by atoms with Crippen LogP contribution >= 0.6 is 0 Å². The van der Waals surface area contributed by atoms with Gasteiger partial charge in [0.05, 0.1) is 6.54 Å². The first-order valence-corrected chi connectivity index (χ1v) is 6.71. The Bertz CT molecular complexity index is 355. The van der Waals surface area contributed by atoms with Crippen LogP contribution in [0.4, 0.5) is 0 Å². The molecule has 1 rings (SSSR count). The van der Waals surface area contributed by atoms with Crippen LogP contribution in [-0.2, 0) is 19.1 Å². The van der Waals surface area contributed by atoms with Crippen molar-refractivity contribution in [1.29, 1.82) is 0 Å². The molecule has 0 aromatic carbocycles. The molecule has 0 saturated carbocycles. The number of esters is 1. The van der Waals surface area contributed by atoms with Gasteiger partial charge in [-0.1, -0.05) is 13.8 Å². The third-order valence-electron chi connectivity index (χ3n) is 3.08. The normalized spacial score (nSPS) is 22.3. The Balaban J connectivity index is 2.64. The number of hydrogen-bond acceptors (Lipinski definition) is 4. The van der Waals surface area contributed by atoms with E-state index in [0.29, 0.717) is 25.7 Å². The fourth-order valence-corrected chi connectivity index (χ4v) is 2.20. The maximum Gasteiger partial charge on any atom is 0.326 e. The molecule has 6 heteroatoms. The van der Waals surface area contributed by atoms with Gasteiger partial charge in [0.1, 0.15) is 12.1 Å². The maximum absolute atomic E-state index is 11.8. The molecule has 1 aliphatic rings. The fourth-order valence-electron chi connectivity index (χ4n) is 2.20. The van der Waals surface area contributed by atoms with Crippen molar-refractivity contribution in [2.45, 2.75) is 58.1 Å². The van der Waals surface area contributed by atoms with Crippen LogP contribution in [0.3, 0.4) is 0 Å². The van der Waals surface area contributed by atoms with E-state index in [4.69, 9.17) is 9.84 Å². The Labute approximate surface area is 112 Å². The summed E-state index contributed by atoms with van der Waals surface area (Å²) in [5.74, 6) is -1.57. The summed E-state index contributed by atoms with van der Waals surface area (Å²) in [7, 11) is 0. The van der Waals surface area contributed by atoms with Gasteiger partial charge in [0, 0.05) is 19.3 Å². The molecule has 1 aliphatic heterocycles. The number of amides is 1. The van der Waals surface area contributed by atoms with Crippen molar-refractivity contribution in [2.75, 3.05) is 6.54 Å². The van der Waals surface area contributed by atoms with Crippen LogP contribution < -0.4 is 0 Å². The Hall–Kier alpha value is -1.59. The summed E-state index contributed by atoms with van der Waals surface area (Å²) >= 11 is 0. The van der Waals surface area contributed by atoms with Crippen molar-refractivity contribution in [3.63, 3.8) is 0 Å². The topological polar surface area (TPSA) is 83.9 Å². The Morgan fingerprint density at radius 2 is 1.84 bits per heavy atom. The SMILES string of the molecule is CCCC(=O)OC1C[C@@H](C(=O)O)N(C(=O)CCC)C1. The van der Waals surface area contributed by atoms with Crippen LogP contribution in [-0.4, -0.2) is 46.5 Å². The molecule has 0 aromatic rings. The fraction of sp³-hybridized carbons (Fsp3) is 0.769. The van der Waals surface area contributed by atoms with Gasteiger partial charge in [-0.2, -0.15) is 0 Å². The van der Waals surface area contributed by atoms with Gasteiger partial charge in [-0.25, -0.2) is 4.79 Å². The van der Waals surface area contributed by atoms with Crippen molar-refractivity contribution in [2.24, 2.45) is 0 Å². The summed E-state index contributed by atoms with van der Waals surface area (Å²) in [5, 5.41) is 9.12. The van der Waals surface area contributed by atoms with Crippen LogP contribution in [0.15, 0.2) is 0 Å². The molecule has 1 unspecified atom stereocenters. The summed E-state index contributed by atoms with van der Waals surface area (Å²) in [6, 6.07) is -0.876. The largest absolute Gasteiger partial charge is 0.480 e. The summed E-state index contributed by atoms with van der Waals surface area (Å²) in [4.78, 5) is 35.7. The zero-order chi connectivity index (χ0) is 14.4. The smallest absolute Gasteiger partial charge is 0.326 e. The second kappa shape index (κ2) is 7.11. The van der Waals surface area contributed by atoms with E-state index in [1.807, 2.05) is 13.8 Å². The van der Waals surface area contributed by atoms with Crippen LogP contribution in [0, 0.1) is 0 Å². The average molecular weight is 271 g/mol. The highest BCUT2D eigenvalue weighted by Crippen LogP contribution is 2.22. The van der Waals surface area contributed by atoms with Crippen molar-refractivity contribution in [3.05, 3.63) is 0 Å². The summed E-state index contributed by atoms with van der Waals surface area (Å²) in [6.07, 6.45) is 1.67. The maximum atomic E-state index is 11.8. The van der Waals surface area contributed by atoms with Crippen LogP contribution in [0.25, 0.3) is 0 Å². The quantitative estimate of drug-likeness (QED) is 0.733. The van der Waals surface area contributed by atoms with E-state index < -0.39 is 18.1 Å². The minimum Gasteiger partial charge on any atom is -0.480 e. The van der Waals surface area contributed by atoms with E-state index in [9.17, 15) is 14.4 Å². The first-order valence-electron chi connectivity index (χ1n) is 6.71. The molecule has 1 fully saturated rings. The number of carboxylic acid groups (broad SMARTS) is 1. The lowest BCUT2D eigenvalue weighted by Gasteiger charge is -2.20. The lowest BCUT2D eigenvalue weighted by Crippen LogP contribution is -2.40. The van der Waals surface area contributed by atoms with Gasteiger partial charge in [0.2, 0.25) is 5.91 Å². The molecule has 0 bridgehead atoms. The molecule has 0 aromatic heterocycles. The van der Waals surface area contributed by atoms with Crippen LogP contribution in [0.2, 0.25) is 0 Å². The second-order valence-electron chi connectivity index (χ2n) is 4.75. The summed E-state index contributed by atoms with van der Waals surface area (Å²) in [6.45, 7) is 3.92. The van der Waals surface area contributed by atoms with Gasteiger partial charge >= 0.3 is 11.9 Å². The Morgan fingerprint density at radius 1 is 1.21 bits per heavy atom. The van der Waals surface area contributed by atoms with E-state index in [0.717, 1.165) is 0 Å². The summed E-state index contributed by atoms with van der Waals surface area (Å²) < 4.78 is 5.19. The zero-order valence-electron chi connectivity index (χ0n) is 11.4. The Kier molecular flexibility index (Phi) is 5.79. The number of carboxylic acids is 1. The standard InChI is InChI=1S/C13H21NO5/c1-3-5-11(15)14-8-9(7-10(14)13(17)18)19-12(16)6-4-2/h9-10H,3-8H2,1-2H3,(H,17,18)/t9?,10-/m0/s1. The molecule has 108 valence electrons. The van der Waals surface area contributed by atoms with E-state index in [1.165, 1.54) is 4.90 Å². The predicted octanol–water partition coefficient (Wildman–Crippen LogP) is 1.18. The number of likely N-dealkylation sites (tertiary alicyclic amines) is 1. The number of ether oxygens (including phenoxy) is 1. The molecule has 0 aliphatic carbocycles. The van der Waals surface area contributed by atoms with Crippen molar-refractivity contribution in [3.8, 4) is 0 Å². The molecule has 1 saturated heterocycles. The van der Waals surface area contributed by atoms with Crippen LogP contribution in [0.1, 0.15) is 46.0 Å². The molecule has 0 radical (unpaired) electrons. The lowest BCUT2D eigenvalue weighted by atomic mass is 10.2. The second-order valence-corrected chi connectivity index (χ2v) is 4.75. The van der Waals surface area contributed by atoms with Gasteiger partial charge in [0.15, 0.2) is 0 Å². The molecule has 1 amide bonds. The highest BCUT2D eigenvalue weighted by Gasteiger charge is 2.40. The minimum absolute atomic E-state index is 0.181. The highest BCUT2D eigenvalue weighted by atomic mass is 16.5. The number of nitrogens with zero attached hydrogens (tertiary/aromatic N) is 1. The average Bonchev–Trinajstić information content (AvgIpc) is 2.73. The molecule has 19 heavy (non-hydrogen) atoms. The van der Waals surface area contributed by atoms with Gasteiger partial charge in [-0.05, 0) is 12.8 Å². The van der Waals surface area contributed by atoms with Crippen molar-refractivity contribution in [1.82, 2.24) is 4.90 Å². The van der Waals surface area contributed by atoms with Gasteiger partial charge in [-0.15, -0.1) is 0 Å². The number of carbonyl (C=O) groups excluding carboxylic acids is 2. The number of carbonyl (C=O) groups is 3. The molecular weight excluding hydrogens is 250 g/mol. The van der Waals surface area contributed by atoms with Crippen molar-refractivity contribution >= 4 is 17.8 Å². The highest BCUT2D eigenvalue weighted by molar-refractivity contribution is 5.84. The third kappa shape index (κ3) is 4.22. The van der Waals surface area contributed by atoms with Crippen LogP contribution in [0.5, 0.6) is 0 Å².